The molecule has 0 rings (SSSR count). The van der Waals surface area contributed by atoms with Crippen molar-refractivity contribution >= 4 is 5.91 Å². The first-order chi connectivity index (χ1) is 5.60. The van der Waals surface area contributed by atoms with Crippen LogP contribution in [0.4, 0.5) is 0 Å². The van der Waals surface area contributed by atoms with Crippen LogP contribution in [-0.2, 0) is 4.79 Å². The Bertz CT molecular complexity index is 138. The first kappa shape index (κ1) is 11.4. The van der Waals surface area contributed by atoms with Gasteiger partial charge >= 0.3 is 0 Å². The normalized spacial score (nSPS) is 13.1. The van der Waals surface area contributed by atoms with E-state index >= 15 is 0 Å². The Labute approximate surface area is 74.1 Å². The average Bonchev–Trinajstić information content (AvgIpc) is 2.03. The van der Waals surface area contributed by atoms with Crippen molar-refractivity contribution in [3.63, 3.8) is 0 Å². The van der Waals surface area contributed by atoms with Gasteiger partial charge in [-0.1, -0.05) is 20.3 Å². The highest BCUT2D eigenvalue weighted by molar-refractivity contribution is 5.77. The van der Waals surface area contributed by atoms with Crippen LogP contribution in [0.1, 0.15) is 20.3 Å². The van der Waals surface area contributed by atoms with Gasteiger partial charge in [0.2, 0.25) is 5.91 Å². The van der Waals surface area contributed by atoms with Gasteiger partial charge in [0.15, 0.2) is 0 Å². The van der Waals surface area contributed by atoms with E-state index in [9.17, 15) is 4.79 Å². The molecular weight excluding hydrogens is 154 g/mol. The van der Waals surface area contributed by atoms with E-state index in [4.69, 9.17) is 5.84 Å². The molecule has 0 aliphatic rings. The Morgan fingerprint density at radius 3 is 2.67 bits per heavy atom. The van der Waals surface area contributed by atoms with Crippen LogP contribution >= 0.6 is 0 Å². The van der Waals surface area contributed by atoms with E-state index in [0.29, 0.717) is 12.5 Å². The fourth-order valence-corrected chi connectivity index (χ4v) is 1.02. The van der Waals surface area contributed by atoms with E-state index in [-0.39, 0.29) is 5.91 Å². The van der Waals surface area contributed by atoms with Crippen molar-refractivity contribution < 1.29 is 4.79 Å². The van der Waals surface area contributed by atoms with Crippen molar-refractivity contribution in [1.82, 2.24) is 10.3 Å². The van der Waals surface area contributed by atoms with Crippen LogP contribution in [0.25, 0.3) is 0 Å². The second kappa shape index (κ2) is 5.97. The van der Waals surface area contributed by atoms with Crippen molar-refractivity contribution in [2.24, 2.45) is 11.8 Å². The number of likely N-dealkylation sites (N-methyl/N-ethyl adjacent to an activating group) is 1. The molecule has 0 aromatic rings. The lowest BCUT2D eigenvalue weighted by Gasteiger charge is -2.18. The highest BCUT2D eigenvalue weighted by Gasteiger charge is 2.07. The molecule has 1 unspecified atom stereocenters. The fourth-order valence-electron chi connectivity index (χ4n) is 1.02. The van der Waals surface area contributed by atoms with E-state index in [2.05, 4.69) is 19.3 Å². The molecule has 0 spiro atoms. The van der Waals surface area contributed by atoms with Crippen LogP contribution in [0.3, 0.4) is 0 Å². The van der Waals surface area contributed by atoms with Crippen molar-refractivity contribution in [3.8, 4) is 0 Å². The molecule has 0 radical (unpaired) electrons. The highest BCUT2D eigenvalue weighted by Crippen LogP contribution is 2.01. The Morgan fingerprint density at radius 1 is 1.67 bits per heavy atom. The molecule has 0 aromatic carbocycles. The second-order valence-corrected chi connectivity index (χ2v) is 3.28. The summed E-state index contributed by atoms with van der Waals surface area (Å²) in [6, 6.07) is 0. The number of hydrogen-bond donors (Lipinski definition) is 2. The topological polar surface area (TPSA) is 58.4 Å². The number of nitrogens with two attached hydrogens (primary N) is 1. The van der Waals surface area contributed by atoms with E-state index in [1.807, 2.05) is 11.9 Å². The van der Waals surface area contributed by atoms with Crippen molar-refractivity contribution in [1.29, 1.82) is 0 Å². The summed E-state index contributed by atoms with van der Waals surface area (Å²) in [6.45, 7) is 5.61. The zero-order valence-corrected chi connectivity index (χ0v) is 8.13. The third-order valence-electron chi connectivity index (χ3n) is 1.89. The number of rotatable bonds is 5. The van der Waals surface area contributed by atoms with Crippen molar-refractivity contribution in [2.75, 3.05) is 20.1 Å². The predicted octanol–water partition coefficient (Wildman–Crippen LogP) is -0.0458. The minimum absolute atomic E-state index is 0.138. The van der Waals surface area contributed by atoms with Gasteiger partial charge in [0.25, 0.3) is 0 Å². The number of hydrazine groups is 1. The Morgan fingerprint density at radius 2 is 2.25 bits per heavy atom. The summed E-state index contributed by atoms with van der Waals surface area (Å²) in [5, 5.41) is 0. The Kier molecular flexibility index (Phi) is 5.66. The molecule has 0 aliphatic carbocycles. The van der Waals surface area contributed by atoms with Crippen LogP contribution in [0.5, 0.6) is 0 Å². The Hall–Kier alpha value is -0.610. The summed E-state index contributed by atoms with van der Waals surface area (Å²) < 4.78 is 0. The minimum atomic E-state index is -0.138. The zero-order valence-electron chi connectivity index (χ0n) is 8.13. The van der Waals surface area contributed by atoms with Crippen LogP contribution in [-0.4, -0.2) is 30.9 Å². The van der Waals surface area contributed by atoms with Gasteiger partial charge in [0.1, 0.15) is 0 Å². The van der Waals surface area contributed by atoms with Gasteiger partial charge < -0.3 is 0 Å². The molecule has 0 saturated carbocycles. The summed E-state index contributed by atoms with van der Waals surface area (Å²) in [4.78, 5) is 12.8. The minimum Gasteiger partial charge on any atom is -0.297 e. The van der Waals surface area contributed by atoms with E-state index in [1.165, 1.54) is 0 Å². The second-order valence-electron chi connectivity index (χ2n) is 3.28. The molecule has 0 heterocycles. The number of amides is 1. The van der Waals surface area contributed by atoms with Gasteiger partial charge in [-0.25, -0.2) is 5.84 Å². The van der Waals surface area contributed by atoms with E-state index in [1.54, 1.807) is 0 Å². The molecule has 0 saturated heterocycles. The summed E-state index contributed by atoms with van der Waals surface area (Å²) in [5.41, 5.74) is 2.11. The quantitative estimate of drug-likeness (QED) is 0.348. The molecule has 0 aliphatic heterocycles. The van der Waals surface area contributed by atoms with Gasteiger partial charge in [-0.2, -0.15) is 0 Å². The number of carbonyl (C=O) groups is 1. The largest absolute Gasteiger partial charge is 0.297 e. The maximum Gasteiger partial charge on any atom is 0.248 e. The highest BCUT2D eigenvalue weighted by atomic mass is 16.2. The summed E-state index contributed by atoms with van der Waals surface area (Å²) >= 11 is 0. The van der Waals surface area contributed by atoms with E-state index < -0.39 is 0 Å². The molecule has 72 valence electrons. The third-order valence-corrected chi connectivity index (χ3v) is 1.89. The standard InChI is InChI=1S/C8H19N3O/c1-4-7(2)5-11(3)6-8(12)10-9/h7H,4-6,9H2,1-3H3,(H,10,12). The summed E-state index contributed by atoms with van der Waals surface area (Å²) in [6.07, 6.45) is 1.13. The molecular formula is C8H19N3O. The van der Waals surface area contributed by atoms with Crippen LogP contribution in [0.2, 0.25) is 0 Å². The lowest BCUT2D eigenvalue weighted by Crippen LogP contribution is -2.40. The smallest absolute Gasteiger partial charge is 0.248 e. The molecule has 0 bridgehead atoms. The Balaban J connectivity index is 3.58. The summed E-state index contributed by atoms with van der Waals surface area (Å²) in [7, 11) is 1.92. The molecule has 0 fully saturated rings. The SMILES string of the molecule is CCC(C)CN(C)CC(=O)NN. The predicted molar refractivity (Wildman–Crippen MR) is 49.3 cm³/mol. The van der Waals surface area contributed by atoms with Gasteiger partial charge in [0, 0.05) is 6.54 Å². The molecule has 1 amide bonds. The van der Waals surface area contributed by atoms with Crippen LogP contribution in [0, 0.1) is 5.92 Å². The zero-order chi connectivity index (χ0) is 9.56. The van der Waals surface area contributed by atoms with Gasteiger partial charge in [-0.05, 0) is 13.0 Å². The van der Waals surface area contributed by atoms with Gasteiger partial charge in [-0.3, -0.25) is 15.1 Å². The average molecular weight is 173 g/mol. The van der Waals surface area contributed by atoms with E-state index in [0.717, 1.165) is 13.0 Å². The molecule has 4 heteroatoms. The molecule has 1 atom stereocenters. The first-order valence-corrected chi connectivity index (χ1v) is 4.28. The maximum atomic E-state index is 10.8. The molecule has 3 N–H and O–H groups in total. The number of nitrogens with one attached hydrogen (secondary N) is 1. The molecule has 12 heavy (non-hydrogen) atoms. The van der Waals surface area contributed by atoms with Crippen LogP contribution < -0.4 is 11.3 Å². The number of carbonyl (C=O) groups excluding carboxylic acids is 1. The monoisotopic (exact) mass is 173 g/mol. The third kappa shape index (κ3) is 5.09. The molecule has 0 aromatic heterocycles. The van der Waals surface area contributed by atoms with Crippen LogP contribution in [0.15, 0.2) is 0 Å². The van der Waals surface area contributed by atoms with Gasteiger partial charge in [-0.15, -0.1) is 0 Å². The van der Waals surface area contributed by atoms with Gasteiger partial charge in [0.05, 0.1) is 6.54 Å². The number of nitrogens with zero attached hydrogens (tertiary/aromatic N) is 1. The summed E-state index contributed by atoms with van der Waals surface area (Å²) in [5.74, 6) is 5.44. The van der Waals surface area contributed by atoms with Crippen molar-refractivity contribution in [3.05, 3.63) is 0 Å². The maximum absolute atomic E-state index is 10.8. The lowest BCUT2D eigenvalue weighted by molar-refractivity contribution is -0.122. The molecule has 4 nitrogen and oxygen atoms in total. The first-order valence-electron chi connectivity index (χ1n) is 4.28. The van der Waals surface area contributed by atoms with Crippen molar-refractivity contribution in [2.45, 2.75) is 20.3 Å². The number of hydrogen-bond acceptors (Lipinski definition) is 3. The lowest BCUT2D eigenvalue weighted by atomic mass is 10.1. The fraction of sp³-hybridized carbons (Fsp3) is 0.875.